The summed E-state index contributed by atoms with van der Waals surface area (Å²) in [5.74, 6) is -0.437. The van der Waals surface area contributed by atoms with Crippen LogP contribution in [0.25, 0.3) is 0 Å². The van der Waals surface area contributed by atoms with Crippen molar-refractivity contribution in [3.63, 3.8) is 0 Å². The lowest BCUT2D eigenvalue weighted by Gasteiger charge is -2.37. The van der Waals surface area contributed by atoms with Gasteiger partial charge in [0.2, 0.25) is 11.8 Å². The van der Waals surface area contributed by atoms with Gasteiger partial charge in [0.25, 0.3) is 0 Å². The van der Waals surface area contributed by atoms with Crippen LogP contribution in [-0.4, -0.2) is 30.1 Å². The Bertz CT molecular complexity index is 610. The summed E-state index contributed by atoms with van der Waals surface area (Å²) in [5.41, 5.74) is -0.169. The zero-order valence-corrected chi connectivity index (χ0v) is 16.1. The molecule has 1 atom stereocenters. The van der Waals surface area contributed by atoms with Crippen LogP contribution in [0.5, 0.6) is 0 Å². The van der Waals surface area contributed by atoms with Crippen LogP contribution in [0.4, 0.5) is 5.69 Å². The second-order valence-corrected chi connectivity index (χ2v) is 7.27. The standard InChI is InChI=1S/C19H25BrN2O3/c1-3-13-25-14(2)17(23)22-19(11-5-4-6-12-19)18(24)21-16-9-7-15(20)8-10-16/h3,7-10,14H,1,4-6,11-13H2,2H3,(H,21,24)(H,22,23)/t14-/m0/s1. The zero-order valence-electron chi connectivity index (χ0n) is 14.5. The number of hydrogen-bond acceptors (Lipinski definition) is 3. The number of ether oxygens (including phenoxy) is 1. The molecular weight excluding hydrogens is 384 g/mol. The Hall–Kier alpha value is -1.66. The van der Waals surface area contributed by atoms with Crippen LogP contribution in [0.1, 0.15) is 39.0 Å². The van der Waals surface area contributed by atoms with E-state index in [0.29, 0.717) is 25.1 Å². The minimum atomic E-state index is -0.881. The molecule has 1 aliphatic carbocycles. The third-order valence-corrected chi connectivity index (χ3v) is 4.97. The van der Waals surface area contributed by atoms with Crippen LogP contribution in [0, 0.1) is 0 Å². The minimum absolute atomic E-state index is 0.168. The molecule has 0 saturated heterocycles. The predicted octanol–water partition coefficient (Wildman–Crippen LogP) is 3.80. The molecule has 0 unspecified atom stereocenters. The highest BCUT2D eigenvalue weighted by atomic mass is 79.9. The van der Waals surface area contributed by atoms with Gasteiger partial charge in [-0.1, -0.05) is 41.3 Å². The van der Waals surface area contributed by atoms with Gasteiger partial charge in [-0.25, -0.2) is 0 Å². The lowest BCUT2D eigenvalue weighted by Crippen LogP contribution is -2.59. The van der Waals surface area contributed by atoms with E-state index in [0.717, 1.165) is 23.7 Å². The number of amides is 2. The van der Waals surface area contributed by atoms with Crippen LogP contribution < -0.4 is 10.6 Å². The topological polar surface area (TPSA) is 67.4 Å². The summed E-state index contributed by atoms with van der Waals surface area (Å²) >= 11 is 3.38. The van der Waals surface area contributed by atoms with E-state index in [4.69, 9.17) is 4.74 Å². The monoisotopic (exact) mass is 408 g/mol. The Labute approximate surface area is 157 Å². The summed E-state index contributed by atoms with van der Waals surface area (Å²) in [6.45, 7) is 5.56. The van der Waals surface area contributed by atoms with Crippen molar-refractivity contribution in [3.8, 4) is 0 Å². The zero-order chi connectivity index (χ0) is 18.3. The molecular formula is C19H25BrN2O3. The molecule has 1 aliphatic rings. The molecule has 2 N–H and O–H groups in total. The maximum absolute atomic E-state index is 13.0. The third kappa shape index (κ3) is 5.41. The highest BCUT2D eigenvalue weighted by Gasteiger charge is 2.41. The molecule has 0 bridgehead atoms. The molecule has 1 saturated carbocycles. The minimum Gasteiger partial charge on any atom is -0.365 e. The molecule has 25 heavy (non-hydrogen) atoms. The molecule has 0 heterocycles. The molecule has 5 nitrogen and oxygen atoms in total. The summed E-state index contributed by atoms with van der Waals surface area (Å²) in [5, 5.41) is 5.89. The quantitative estimate of drug-likeness (QED) is 0.674. The van der Waals surface area contributed by atoms with Gasteiger partial charge in [0.15, 0.2) is 0 Å². The summed E-state index contributed by atoms with van der Waals surface area (Å²) in [7, 11) is 0. The van der Waals surface area contributed by atoms with E-state index in [1.165, 1.54) is 0 Å². The van der Waals surface area contributed by atoms with E-state index < -0.39 is 11.6 Å². The normalized spacial score (nSPS) is 17.4. The average Bonchev–Trinajstić information content (AvgIpc) is 2.62. The molecule has 1 aromatic carbocycles. The number of anilines is 1. The Balaban J connectivity index is 2.10. The van der Waals surface area contributed by atoms with Crippen molar-refractivity contribution >= 4 is 33.4 Å². The van der Waals surface area contributed by atoms with E-state index in [-0.39, 0.29) is 11.8 Å². The molecule has 0 aromatic heterocycles. The number of rotatable bonds is 7. The van der Waals surface area contributed by atoms with E-state index in [1.54, 1.807) is 13.0 Å². The first-order valence-corrected chi connectivity index (χ1v) is 9.38. The van der Waals surface area contributed by atoms with Crippen molar-refractivity contribution in [2.75, 3.05) is 11.9 Å². The van der Waals surface area contributed by atoms with Crippen LogP contribution in [0.2, 0.25) is 0 Å². The number of nitrogens with one attached hydrogen (secondary N) is 2. The fourth-order valence-electron chi connectivity index (χ4n) is 2.97. The summed E-state index contributed by atoms with van der Waals surface area (Å²) < 4.78 is 6.33. The van der Waals surface area contributed by atoms with Crippen molar-refractivity contribution < 1.29 is 14.3 Å². The van der Waals surface area contributed by atoms with E-state index >= 15 is 0 Å². The SMILES string of the molecule is C=CCO[C@@H](C)C(=O)NC1(C(=O)Nc2ccc(Br)cc2)CCCCC1. The number of halogens is 1. The van der Waals surface area contributed by atoms with Crippen molar-refractivity contribution in [2.24, 2.45) is 0 Å². The predicted molar refractivity (Wildman–Crippen MR) is 102 cm³/mol. The maximum Gasteiger partial charge on any atom is 0.250 e. The number of benzene rings is 1. The Morgan fingerprint density at radius 1 is 1.28 bits per heavy atom. The first-order chi connectivity index (χ1) is 12.0. The molecule has 136 valence electrons. The Kier molecular flexibility index (Phi) is 7.20. The van der Waals surface area contributed by atoms with Gasteiger partial charge in [0.1, 0.15) is 11.6 Å². The number of carbonyl (C=O) groups is 2. The Morgan fingerprint density at radius 3 is 2.52 bits per heavy atom. The van der Waals surface area contributed by atoms with Crippen LogP contribution in [0.15, 0.2) is 41.4 Å². The molecule has 1 fully saturated rings. The van der Waals surface area contributed by atoms with Crippen LogP contribution >= 0.6 is 15.9 Å². The van der Waals surface area contributed by atoms with Gasteiger partial charge in [-0.05, 0) is 44.0 Å². The summed E-state index contributed by atoms with van der Waals surface area (Å²) in [4.78, 5) is 25.4. The number of hydrogen-bond donors (Lipinski definition) is 2. The van der Waals surface area contributed by atoms with Gasteiger partial charge in [0.05, 0.1) is 6.61 Å². The van der Waals surface area contributed by atoms with E-state index in [1.807, 2.05) is 24.3 Å². The second kappa shape index (κ2) is 9.15. The highest BCUT2D eigenvalue weighted by Crippen LogP contribution is 2.30. The van der Waals surface area contributed by atoms with Gasteiger partial charge in [-0.2, -0.15) is 0 Å². The lowest BCUT2D eigenvalue weighted by molar-refractivity contribution is -0.138. The molecule has 0 radical (unpaired) electrons. The van der Waals surface area contributed by atoms with Crippen molar-refractivity contribution in [3.05, 3.63) is 41.4 Å². The third-order valence-electron chi connectivity index (χ3n) is 4.44. The number of carbonyl (C=O) groups excluding carboxylic acids is 2. The van der Waals surface area contributed by atoms with Crippen molar-refractivity contribution in [1.29, 1.82) is 0 Å². The molecule has 0 spiro atoms. The molecule has 2 amide bonds. The largest absolute Gasteiger partial charge is 0.365 e. The smallest absolute Gasteiger partial charge is 0.250 e. The van der Waals surface area contributed by atoms with Gasteiger partial charge >= 0.3 is 0 Å². The van der Waals surface area contributed by atoms with Crippen molar-refractivity contribution in [2.45, 2.75) is 50.7 Å². The van der Waals surface area contributed by atoms with E-state index in [9.17, 15) is 9.59 Å². The molecule has 6 heteroatoms. The molecule has 2 rings (SSSR count). The summed E-state index contributed by atoms with van der Waals surface area (Å²) in [6, 6.07) is 7.40. The molecule has 1 aromatic rings. The fraction of sp³-hybridized carbons (Fsp3) is 0.474. The van der Waals surface area contributed by atoms with Gasteiger partial charge in [0, 0.05) is 10.2 Å². The first-order valence-electron chi connectivity index (χ1n) is 8.58. The highest BCUT2D eigenvalue weighted by molar-refractivity contribution is 9.10. The van der Waals surface area contributed by atoms with Gasteiger partial charge in [-0.15, -0.1) is 6.58 Å². The van der Waals surface area contributed by atoms with Crippen molar-refractivity contribution in [1.82, 2.24) is 5.32 Å². The average molecular weight is 409 g/mol. The maximum atomic E-state index is 13.0. The Morgan fingerprint density at radius 2 is 1.92 bits per heavy atom. The second-order valence-electron chi connectivity index (χ2n) is 6.36. The molecule has 0 aliphatic heterocycles. The van der Waals surface area contributed by atoms with Crippen LogP contribution in [0.3, 0.4) is 0 Å². The summed E-state index contributed by atoms with van der Waals surface area (Å²) in [6.07, 6.45) is 5.14. The van der Waals surface area contributed by atoms with Gasteiger partial charge in [-0.3, -0.25) is 9.59 Å². The van der Waals surface area contributed by atoms with Gasteiger partial charge < -0.3 is 15.4 Å². The van der Waals surface area contributed by atoms with Crippen LogP contribution in [-0.2, 0) is 14.3 Å². The van der Waals surface area contributed by atoms with E-state index in [2.05, 4.69) is 33.1 Å². The lowest BCUT2D eigenvalue weighted by atomic mass is 9.80. The first kappa shape index (κ1) is 19.7. The fourth-order valence-corrected chi connectivity index (χ4v) is 3.24.